The molecule has 0 bridgehead atoms. The van der Waals surface area contributed by atoms with Crippen molar-refractivity contribution in [2.24, 2.45) is 5.92 Å². The summed E-state index contributed by atoms with van der Waals surface area (Å²) in [4.78, 5) is 0.105. The lowest BCUT2D eigenvalue weighted by molar-refractivity contribution is 0.285. The molecule has 0 saturated heterocycles. The molecule has 1 aromatic rings. The maximum absolute atomic E-state index is 12.2. The van der Waals surface area contributed by atoms with E-state index in [1.54, 1.807) is 0 Å². The van der Waals surface area contributed by atoms with Crippen molar-refractivity contribution in [3.8, 4) is 0 Å². The molecule has 8 heteroatoms. The molecule has 0 spiro atoms. The van der Waals surface area contributed by atoms with Crippen LogP contribution in [0.3, 0.4) is 0 Å². The summed E-state index contributed by atoms with van der Waals surface area (Å²) in [5.74, 6) is 0.681. The van der Waals surface area contributed by atoms with E-state index in [1.807, 2.05) is 0 Å². The molecule has 3 N–H and O–H groups in total. The molecule has 108 valence electrons. The summed E-state index contributed by atoms with van der Waals surface area (Å²) in [6.07, 6.45) is 3.64. The standard InChI is InChI=1S/C11H20N4O2S2/c1-7(8-5-4-6-8)13-11-9(10(12)14-18-11)19(16,17)15(2)3/h7-8,13H,4-6H2,1-3H3,(H2,12,14). The number of nitrogen functional groups attached to an aromatic ring is 1. The second-order valence-corrected chi connectivity index (χ2v) is 8.00. The third-order valence-electron chi connectivity index (χ3n) is 3.63. The number of nitrogens with one attached hydrogen (secondary N) is 1. The summed E-state index contributed by atoms with van der Waals surface area (Å²) >= 11 is 1.11. The molecular weight excluding hydrogens is 284 g/mol. The molecule has 1 atom stereocenters. The Labute approximate surface area is 118 Å². The molecule has 6 nitrogen and oxygen atoms in total. The first-order chi connectivity index (χ1) is 8.84. The molecule has 1 aliphatic rings. The van der Waals surface area contributed by atoms with Crippen molar-refractivity contribution in [3.05, 3.63) is 0 Å². The van der Waals surface area contributed by atoms with E-state index in [1.165, 1.54) is 33.4 Å². The van der Waals surface area contributed by atoms with E-state index in [-0.39, 0.29) is 16.8 Å². The third kappa shape index (κ3) is 2.70. The van der Waals surface area contributed by atoms with E-state index >= 15 is 0 Å². The zero-order valence-electron chi connectivity index (χ0n) is 11.4. The van der Waals surface area contributed by atoms with Gasteiger partial charge in [0.2, 0.25) is 10.0 Å². The van der Waals surface area contributed by atoms with Gasteiger partial charge in [0.25, 0.3) is 0 Å². The van der Waals surface area contributed by atoms with Gasteiger partial charge in [-0.1, -0.05) is 6.42 Å². The number of hydrogen-bond acceptors (Lipinski definition) is 6. The number of rotatable bonds is 5. The molecule has 0 aromatic carbocycles. The number of sulfonamides is 1. The molecule has 1 heterocycles. The van der Waals surface area contributed by atoms with Gasteiger partial charge in [-0.3, -0.25) is 0 Å². The molecule has 0 aliphatic heterocycles. The topological polar surface area (TPSA) is 88.3 Å². The van der Waals surface area contributed by atoms with Crippen LogP contribution in [0.2, 0.25) is 0 Å². The highest BCUT2D eigenvalue weighted by Gasteiger charge is 2.30. The van der Waals surface area contributed by atoms with Gasteiger partial charge >= 0.3 is 0 Å². The number of aromatic nitrogens is 1. The lowest BCUT2D eigenvalue weighted by atomic mass is 9.80. The van der Waals surface area contributed by atoms with Crippen molar-refractivity contribution in [1.29, 1.82) is 0 Å². The maximum atomic E-state index is 12.2. The fourth-order valence-corrected chi connectivity index (χ4v) is 4.24. The van der Waals surface area contributed by atoms with Crippen LogP contribution in [-0.4, -0.2) is 37.2 Å². The van der Waals surface area contributed by atoms with Crippen molar-refractivity contribution in [1.82, 2.24) is 8.68 Å². The van der Waals surface area contributed by atoms with Gasteiger partial charge < -0.3 is 11.1 Å². The number of nitrogens with zero attached hydrogens (tertiary/aromatic N) is 2. The summed E-state index contributed by atoms with van der Waals surface area (Å²) in [5, 5.41) is 3.81. The third-order valence-corrected chi connectivity index (χ3v) is 6.44. The van der Waals surface area contributed by atoms with Crippen molar-refractivity contribution < 1.29 is 8.42 Å². The van der Waals surface area contributed by atoms with Crippen LogP contribution in [0.15, 0.2) is 4.90 Å². The van der Waals surface area contributed by atoms with Gasteiger partial charge in [-0.25, -0.2) is 12.7 Å². The van der Waals surface area contributed by atoms with Crippen LogP contribution in [0.1, 0.15) is 26.2 Å². The van der Waals surface area contributed by atoms with Gasteiger partial charge in [-0.2, -0.15) is 4.37 Å². The first-order valence-electron chi connectivity index (χ1n) is 6.28. The van der Waals surface area contributed by atoms with Crippen LogP contribution in [-0.2, 0) is 10.0 Å². The largest absolute Gasteiger partial charge is 0.382 e. The number of hydrogen-bond donors (Lipinski definition) is 2. The Morgan fingerprint density at radius 3 is 2.58 bits per heavy atom. The van der Waals surface area contributed by atoms with Gasteiger partial charge in [0, 0.05) is 20.1 Å². The van der Waals surface area contributed by atoms with Crippen LogP contribution >= 0.6 is 11.5 Å². The Kier molecular flexibility index (Phi) is 4.03. The van der Waals surface area contributed by atoms with E-state index in [2.05, 4.69) is 16.6 Å². The van der Waals surface area contributed by atoms with Crippen LogP contribution < -0.4 is 11.1 Å². The minimum atomic E-state index is -3.56. The van der Waals surface area contributed by atoms with Crippen molar-refractivity contribution >= 4 is 32.4 Å². The Bertz CT molecular complexity index is 549. The number of nitrogens with two attached hydrogens (primary N) is 1. The van der Waals surface area contributed by atoms with Gasteiger partial charge in [0.05, 0.1) is 0 Å². The van der Waals surface area contributed by atoms with E-state index in [0.29, 0.717) is 10.9 Å². The molecule has 2 rings (SSSR count). The summed E-state index contributed by atoms with van der Waals surface area (Å²) in [5.41, 5.74) is 5.72. The fraction of sp³-hybridized carbons (Fsp3) is 0.727. The smallest absolute Gasteiger partial charge is 0.249 e. The van der Waals surface area contributed by atoms with Gasteiger partial charge in [-0.05, 0) is 37.2 Å². The highest BCUT2D eigenvalue weighted by atomic mass is 32.2. The lowest BCUT2D eigenvalue weighted by Gasteiger charge is -2.32. The molecule has 1 fully saturated rings. The molecule has 19 heavy (non-hydrogen) atoms. The minimum Gasteiger partial charge on any atom is -0.382 e. The summed E-state index contributed by atoms with van der Waals surface area (Å²) < 4.78 is 29.6. The van der Waals surface area contributed by atoms with Crippen molar-refractivity contribution in [2.75, 3.05) is 25.1 Å². The van der Waals surface area contributed by atoms with E-state index in [4.69, 9.17) is 5.73 Å². The molecule has 1 aromatic heterocycles. The number of anilines is 2. The van der Waals surface area contributed by atoms with E-state index < -0.39 is 10.0 Å². The highest BCUT2D eigenvalue weighted by molar-refractivity contribution is 7.89. The zero-order chi connectivity index (χ0) is 14.2. The summed E-state index contributed by atoms with van der Waals surface area (Å²) in [7, 11) is -0.578. The average Bonchev–Trinajstić information content (AvgIpc) is 2.57. The molecule has 0 amide bonds. The van der Waals surface area contributed by atoms with Crippen molar-refractivity contribution in [2.45, 2.75) is 37.1 Å². The van der Waals surface area contributed by atoms with Crippen LogP contribution in [0.4, 0.5) is 10.8 Å². The van der Waals surface area contributed by atoms with Gasteiger partial charge in [0.15, 0.2) is 10.7 Å². The fourth-order valence-electron chi connectivity index (χ4n) is 2.08. The van der Waals surface area contributed by atoms with E-state index in [0.717, 1.165) is 15.8 Å². The molecule has 1 unspecified atom stereocenters. The molecule has 1 saturated carbocycles. The first-order valence-corrected chi connectivity index (χ1v) is 8.49. The zero-order valence-corrected chi connectivity index (χ0v) is 13.0. The first kappa shape index (κ1) is 14.5. The molecule has 1 aliphatic carbocycles. The average molecular weight is 304 g/mol. The van der Waals surface area contributed by atoms with Gasteiger partial charge in [-0.15, -0.1) is 0 Å². The summed E-state index contributed by atoms with van der Waals surface area (Å²) in [6, 6.07) is 0.240. The predicted octanol–water partition coefficient (Wildman–Crippen LogP) is 1.58. The van der Waals surface area contributed by atoms with Gasteiger partial charge in [0.1, 0.15) is 5.00 Å². The van der Waals surface area contributed by atoms with Crippen LogP contribution in [0.25, 0.3) is 0 Å². The second kappa shape index (κ2) is 5.26. The highest BCUT2D eigenvalue weighted by Crippen LogP contribution is 2.36. The lowest BCUT2D eigenvalue weighted by Crippen LogP contribution is -2.31. The second-order valence-electron chi connectivity index (χ2n) is 5.14. The molecular formula is C11H20N4O2S2. The van der Waals surface area contributed by atoms with Crippen molar-refractivity contribution in [3.63, 3.8) is 0 Å². The normalized spacial score (nSPS) is 18.3. The Morgan fingerprint density at radius 1 is 1.47 bits per heavy atom. The Hall–Kier alpha value is -0.860. The quantitative estimate of drug-likeness (QED) is 0.862. The van der Waals surface area contributed by atoms with Crippen LogP contribution in [0.5, 0.6) is 0 Å². The Morgan fingerprint density at radius 2 is 2.11 bits per heavy atom. The maximum Gasteiger partial charge on any atom is 0.249 e. The SMILES string of the molecule is CC(Nc1snc(N)c1S(=O)(=O)N(C)C)C1CCC1. The van der Waals surface area contributed by atoms with E-state index in [9.17, 15) is 8.42 Å². The van der Waals surface area contributed by atoms with Crippen LogP contribution in [0, 0.1) is 5.92 Å². The molecule has 0 radical (unpaired) electrons. The minimum absolute atomic E-state index is 0.0713. The predicted molar refractivity (Wildman–Crippen MR) is 77.8 cm³/mol. The Balaban J connectivity index is 2.27. The summed E-state index contributed by atoms with van der Waals surface area (Å²) in [6.45, 7) is 2.08. The monoisotopic (exact) mass is 304 g/mol.